The van der Waals surface area contributed by atoms with Crippen molar-refractivity contribution in [2.45, 2.75) is 37.8 Å². The van der Waals surface area contributed by atoms with Crippen molar-refractivity contribution in [3.63, 3.8) is 0 Å². The fourth-order valence-corrected chi connectivity index (χ4v) is 4.05. The lowest BCUT2D eigenvalue weighted by Gasteiger charge is -2.21. The largest absolute Gasteiger partial charge is 0.351 e. The molecule has 3 rings (SSSR count). The van der Waals surface area contributed by atoms with Gasteiger partial charge < -0.3 is 5.32 Å². The predicted octanol–water partition coefficient (Wildman–Crippen LogP) is 4.14. The number of nitrogens with one attached hydrogen (secondary N) is 1. The van der Waals surface area contributed by atoms with Gasteiger partial charge in [0.1, 0.15) is 11.1 Å². The van der Waals surface area contributed by atoms with E-state index >= 15 is 0 Å². The van der Waals surface area contributed by atoms with Gasteiger partial charge in [0.25, 0.3) is 0 Å². The van der Waals surface area contributed by atoms with Crippen LogP contribution in [0, 0.1) is 17.2 Å². The lowest BCUT2D eigenvalue weighted by atomic mass is 9.87. The lowest BCUT2D eigenvalue weighted by Crippen LogP contribution is -2.24. The van der Waals surface area contributed by atoms with E-state index in [0.29, 0.717) is 28.1 Å². The Morgan fingerprint density at radius 1 is 1.46 bits per heavy atom. The van der Waals surface area contributed by atoms with Crippen molar-refractivity contribution in [1.29, 1.82) is 5.26 Å². The second-order valence-electron chi connectivity index (χ2n) is 6.56. The van der Waals surface area contributed by atoms with Crippen LogP contribution in [0.2, 0.25) is 5.02 Å². The van der Waals surface area contributed by atoms with Gasteiger partial charge in [0.05, 0.1) is 11.3 Å². The number of amides is 1. The summed E-state index contributed by atoms with van der Waals surface area (Å²) in [7, 11) is 0. The quantitative estimate of drug-likeness (QED) is 0.785. The van der Waals surface area contributed by atoms with Crippen LogP contribution in [0.25, 0.3) is 0 Å². The summed E-state index contributed by atoms with van der Waals surface area (Å²) in [6, 6.07) is 11.6. The van der Waals surface area contributed by atoms with Crippen molar-refractivity contribution in [3.8, 4) is 6.07 Å². The summed E-state index contributed by atoms with van der Waals surface area (Å²) in [5.41, 5.74) is 3.68. The molecule has 1 unspecified atom stereocenters. The molecule has 4 nitrogen and oxygen atoms in total. The molecular formula is C20H20ClN3OS. The maximum atomic E-state index is 12.1. The molecule has 2 aromatic rings. The third-order valence-corrected chi connectivity index (χ3v) is 5.85. The van der Waals surface area contributed by atoms with E-state index < -0.39 is 0 Å². The number of benzene rings is 1. The number of halogens is 1. The van der Waals surface area contributed by atoms with Crippen LogP contribution in [0.1, 0.15) is 35.7 Å². The minimum Gasteiger partial charge on any atom is -0.351 e. The number of fused-ring (bicyclic) bond motifs is 1. The van der Waals surface area contributed by atoms with Gasteiger partial charge in [-0.3, -0.25) is 4.79 Å². The Bertz CT molecular complexity index is 863. The second-order valence-corrected chi connectivity index (χ2v) is 7.93. The molecule has 1 heterocycles. The van der Waals surface area contributed by atoms with Crippen LogP contribution in [0.3, 0.4) is 0 Å². The number of aromatic nitrogens is 1. The average Bonchev–Trinajstić information content (AvgIpc) is 2.65. The molecule has 1 amide bonds. The summed E-state index contributed by atoms with van der Waals surface area (Å²) in [5, 5.41) is 13.6. The standard InChI is InChI=1S/C20H20ClN3OS/c1-13-6-7-18-15(8-13)9-16(10-22)20(24-18)26-12-19(25)23-11-14-4-2-3-5-17(14)21/h2-5,9,13H,6-8,11-12H2,1H3,(H,23,25). The zero-order chi connectivity index (χ0) is 18.5. The van der Waals surface area contributed by atoms with Crippen LogP contribution in [-0.2, 0) is 24.2 Å². The van der Waals surface area contributed by atoms with Crippen molar-refractivity contribution in [1.82, 2.24) is 10.3 Å². The Morgan fingerprint density at radius 3 is 3.04 bits per heavy atom. The molecule has 134 valence electrons. The zero-order valence-corrected chi connectivity index (χ0v) is 16.2. The maximum absolute atomic E-state index is 12.1. The van der Waals surface area contributed by atoms with Crippen LogP contribution in [0.15, 0.2) is 35.4 Å². The van der Waals surface area contributed by atoms with Gasteiger partial charge in [0, 0.05) is 17.3 Å². The van der Waals surface area contributed by atoms with Crippen molar-refractivity contribution in [2.75, 3.05) is 5.75 Å². The molecular weight excluding hydrogens is 366 g/mol. The first-order valence-corrected chi connectivity index (χ1v) is 9.99. The molecule has 0 bridgehead atoms. The Kier molecular flexibility index (Phi) is 6.18. The molecule has 1 aliphatic carbocycles. The highest BCUT2D eigenvalue weighted by Gasteiger charge is 2.19. The molecule has 1 aromatic carbocycles. The monoisotopic (exact) mass is 385 g/mol. The Morgan fingerprint density at radius 2 is 2.27 bits per heavy atom. The smallest absolute Gasteiger partial charge is 0.230 e. The number of nitrogens with zero attached hydrogens (tertiary/aromatic N) is 2. The van der Waals surface area contributed by atoms with E-state index in [4.69, 9.17) is 11.6 Å². The van der Waals surface area contributed by atoms with Crippen LogP contribution in [-0.4, -0.2) is 16.6 Å². The van der Waals surface area contributed by atoms with Crippen LogP contribution < -0.4 is 5.32 Å². The highest BCUT2D eigenvalue weighted by Crippen LogP contribution is 2.29. The number of nitriles is 1. The fraction of sp³-hybridized carbons (Fsp3) is 0.350. The first-order chi connectivity index (χ1) is 12.6. The third-order valence-electron chi connectivity index (χ3n) is 4.49. The van der Waals surface area contributed by atoms with Gasteiger partial charge in [0.15, 0.2) is 0 Å². The first kappa shape index (κ1) is 18.8. The summed E-state index contributed by atoms with van der Waals surface area (Å²) < 4.78 is 0. The molecule has 1 atom stereocenters. The van der Waals surface area contributed by atoms with Crippen molar-refractivity contribution < 1.29 is 4.79 Å². The lowest BCUT2D eigenvalue weighted by molar-refractivity contribution is -0.118. The number of rotatable bonds is 5. The van der Waals surface area contributed by atoms with E-state index in [1.165, 1.54) is 17.3 Å². The summed E-state index contributed by atoms with van der Waals surface area (Å²) in [4.78, 5) is 16.8. The van der Waals surface area contributed by atoms with Crippen LogP contribution in [0.4, 0.5) is 0 Å². The highest BCUT2D eigenvalue weighted by molar-refractivity contribution is 8.00. The number of pyridine rings is 1. The Hall–Kier alpha value is -2.03. The van der Waals surface area contributed by atoms with Gasteiger partial charge in [-0.25, -0.2) is 4.98 Å². The Balaban J connectivity index is 1.61. The maximum Gasteiger partial charge on any atom is 0.230 e. The number of thioether (sulfide) groups is 1. The number of carbonyl (C=O) groups excluding carboxylic acids is 1. The van der Waals surface area contributed by atoms with E-state index in [1.54, 1.807) is 6.07 Å². The SMILES string of the molecule is CC1CCc2nc(SCC(=O)NCc3ccccc3Cl)c(C#N)cc2C1. The molecule has 0 radical (unpaired) electrons. The van der Waals surface area contributed by atoms with Crippen LogP contribution in [0.5, 0.6) is 0 Å². The van der Waals surface area contributed by atoms with Gasteiger partial charge in [-0.1, -0.05) is 48.5 Å². The van der Waals surface area contributed by atoms with Crippen molar-refractivity contribution in [3.05, 3.63) is 57.7 Å². The molecule has 0 saturated carbocycles. The van der Waals surface area contributed by atoms with Crippen molar-refractivity contribution >= 4 is 29.3 Å². The molecule has 1 aromatic heterocycles. The normalized spacial score (nSPS) is 15.8. The van der Waals surface area contributed by atoms with Gasteiger partial charge in [-0.2, -0.15) is 5.26 Å². The molecule has 0 saturated heterocycles. The summed E-state index contributed by atoms with van der Waals surface area (Å²) in [5.74, 6) is 0.748. The van der Waals surface area contributed by atoms with E-state index in [1.807, 2.05) is 24.3 Å². The molecule has 0 fully saturated rings. The minimum atomic E-state index is -0.105. The van der Waals surface area contributed by atoms with Gasteiger partial charge in [-0.15, -0.1) is 0 Å². The summed E-state index contributed by atoms with van der Waals surface area (Å²) in [6.07, 6.45) is 3.03. The summed E-state index contributed by atoms with van der Waals surface area (Å²) in [6.45, 7) is 2.61. The molecule has 26 heavy (non-hydrogen) atoms. The molecule has 0 aliphatic heterocycles. The fourth-order valence-electron chi connectivity index (χ4n) is 3.04. The van der Waals surface area contributed by atoms with Crippen LogP contribution >= 0.6 is 23.4 Å². The number of hydrogen-bond acceptors (Lipinski definition) is 4. The minimum absolute atomic E-state index is 0.105. The number of hydrogen-bond donors (Lipinski definition) is 1. The number of carbonyl (C=O) groups is 1. The van der Waals surface area contributed by atoms with Gasteiger partial charge in [-0.05, 0) is 48.4 Å². The van der Waals surface area contributed by atoms with E-state index in [2.05, 4.69) is 23.3 Å². The first-order valence-electron chi connectivity index (χ1n) is 8.62. The number of aryl methyl sites for hydroxylation is 1. The molecule has 1 N–H and O–H groups in total. The predicted molar refractivity (Wildman–Crippen MR) is 104 cm³/mol. The molecule has 6 heteroatoms. The zero-order valence-electron chi connectivity index (χ0n) is 14.6. The molecule has 1 aliphatic rings. The third kappa shape index (κ3) is 4.57. The molecule has 0 spiro atoms. The van der Waals surface area contributed by atoms with E-state index in [-0.39, 0.29) is 11.7 Å². The van der Waals surface area contributed by atoms with E-state index in [9.17, 15) is 10.1 Å². The average molecular weight is 386 g/mol. The van der Waals surface area contributed by atoms with Gasteiger partial charge >= 0.3 is 0 Å². The Labute approximate surface area is 163 Å². The summed E-state index contributed by atoms with van der Waals surface area (Å²) >= 11 is 7.41. The van der Waals surface area contributed by atoms with E-state index in [0.717, 1.165) is 30.5 Å². The highest BCUT2D eigenvalue weighted by atomic mass is 35.5. The van der Waals surface area contributed by atoms with Crippen molar-refractivity contribution in [2.24, 2.45) is 5.92 Å². The topological polar surface area (TPSA) is 65.8 Å². The van der Waals surface area contributed by atoms with Gasteiger partial charge in [0.2, 0.25) is 5.91 Å². The second kappa shape index (κ2) is 8.57.